The van der Waals surface area contributed by atoms with Gasteiger partial charge in [0.2, 0.25) is 23.3 Å². The summed E-state index contributed by atoms with van der Waals surface area (Å²) in [5.41, 5.74) is 0. The van der Waals surface area contributed by atoms with Gasteiger partial charge in [-0.3, -0.25) is 4.90 Å². The van der Waals surface area contributed by atoms with Crippen LogP contribution in [0.5, 0.6) is 0 Å². The molecule has 0 radical (unpaired) electrons. The number of esters is 1. The number of ether oxygens (including phenoxy) is 1. The largest absolute Gasteiger partial charge is 0.463 e. The van der Waals surface area contributed by atoms with Crippen LogP contribution in [0.2, 0.25) is 0 Å². The third-order valence-electron chi connectivity index (χ3n) is 3.94. The second kappa shape index (κ2) is 6.44. The minimum absolute atomic E-state index is 0.167. The van der Waals surface area contributed by atoms with Crippen LogP contribution in [0.25, 0.3) is 11.6 Å². The fourth-order valence-corrected chi connectivity index (χ4v) is 2.66. The van der Waals surface area contributed by atoms with E-state index in [1.54, 1.807) is 30.6 Å². The van der Waals surface area contributed by atoms with Crippen molar-refractivity contribution in [3.05, 3.63) is 48.0 Å². The van der Waals surface area contributed by atoms with Crippen LogP contribution in [0.3, 0.4) is 0 Å². The zero-order valence-corrected chi connectivity index (χ0v) is 13.5. The highest BCUT2D eigenvalue weighted by Crippen LogP contribution is 2.28. The van der Waals surface area contributed by atoms with E-state index in [-0.39, 0.29) is 11.7 Å². The van der Waals surface area contributed by atoms with E-state index >= 15 is 0 Å². The van der Waals surface area contributed by atoms with Crippen LogP contribution in [0, 0.1) is 0 Å². The Morgan fingerprint density at radius 3 is 2.84 bits per heavy atom. The molecule has 0 atom stereocenters. The number of methoxy groups -OCH3 is 1. The Balaban J connectivity index is 1.34. The zero-order valence-electron chi connectivity index (χ0n) is 13.5. The van der Waals surface area contributed by atoms with Crippen molar-refractivity contribution in [3.8, 4) is 11.6 Å². The van der Waals surface area contributed by atoms with Crippen molar-refractivity contribution in [2.45, 2.75) is 12.5 Å². The number of likely N-dealkylation sites (tertiary alicyclic amines) is 1. The van der Waals surface area contributed by atoms with Gasteiger partial charge >= 0.3 is 5.97 Å². The van der Waals surface area contributed by atoms with Crippen molar-refractivity contribution in [3.63, 3.8) is 0 Å². The fourth-order valence-electron chi connectivity index (χ4n) is 2.66. The summed E-state index contributed by atoms with van der Waals surface area (Å²) in [7, 11) is 1.32. The summed E-state index contributed by atoms with van der Waals surface area (Å²) < 4.78 is 15.4. The van der Waals surface area contributed by atoms with E-state index in [2.05, 4.69) is 29.7 Å². The maximum atomic E-state index is 11.4. The SMILES string of the molecule is COC(=O)c1ccc(CN2CC(c3nc(-c4ncccn4)no3)C2)o1. The Kier molecular flexibility index (Phi) is 3.98. The second-order valence-corrected chi connectivity index (χ2v) is 5.68. The summed E-state index contributed by atoms with van der Waals surface area (Å²) >= 11 is 0. The van der Waals surface area contributed by atoms with Gasteiger partial charge in [-0.1, -0.05) is 5.16 Å². The molecule has 0 spiro atoms. The molecule has 3 aromatic rings. The van der Waals surface area contributed by atoms with E-state index in [1.165, 1.54) is 7.11 Å². The average molecular weight is 341 g/mol. The van der Waals surface area contributed by atoms with Gasteiger partial charge in [0, 0.05) is 25.5 Å². The van der Waals surface area contributed by atoms with Gasteiger partial charge in [-0.15, -0.1) is 0 Å². The van der Waals surface area contributed by atoms with Gasteiger partial charge in [0.05, 0.1) is 19.6 Å². The molecule has 0 unspecified atom stereocenters. The Hall–Kier alpha value is -3.07. The monoisotopic (exact) mass is 341 g/mol. The molecule has 1 aliphatic rings. The van der Waals surface area contributed by atoms with Gasteiger partial charge in [0.15, 0.2) is 0 Å². The Morgan fingerprint density at radius 1 is 1.28 bits per heavy atom. The van der Waals surface area contributed by atoms with E-state index in [0.29, 0.717) is 29.8 Å². The van der Waals surface area contributed by atoms with Crippen LogP contribution >= 0.6 is 0 Å². The van der Waals surface area contributed by atoms with Gasteiger partial charge in [-0.05, 0) is 18.2 Å². The van der Waals surface area contributed by atoms with Crippen molar-refractivity contribution in [1.82, 2.24) is 25.0 Å². The van der Waals surface area contributed by atoms with E-state index in [0.717, 1.165) is 13.1 Å². The molecule has 0 aromatic carbocycles. The van der Waals surface area contributed by atoms with Gasteiger partial charge < -0.3 is 13.7 Å². The van der Waals surface area contributed by atoms with Crippen molar-refractivity contribution in [2.24, 2.45) is 0 Å². The van der Waals surface area contributed by atoms with E-state index in [1.807, 2.05) is 0 Å². The first kappa shape index (κ1) is 15.5. The Labute approximate surface area is 142 Å². The molecule has 1 saturated heterocycles. The molecule has 0 N–H and O–H groups in total. The van der Waals surface area contributed by atoms with E-state index in [9.17, 15) is 4.79 Å². The molecular formula is C16H15N5O4. The maximum absolute atomic E-state index is 11.4. The molecule has 25 heavy (non-hydrogen) atoms. The summed E-state index contributed by atoms with van der Waals surface area (Å²) in [6, 6.07) is 5.12. The summed E-state index contributed by atoms with van der Waals surface area (Å²) in [6.07, 6.45) is 3.27. The highest BCUT2D eigenvalue weighted by Gasteiger charge is 2.33. The summed E-state index contributed by atoms with van der Waals surface area (Å²) in [4.78, 5) is 26.1. The molecular weight excluding hydrogens is 326 g/mol. The average Bonchev–Trinajstić information content (AvgIpc) is 3.27. The number of furan rings is 1. The number of carbonyl (C=O) groups excluding carboxylic acids is 1. The van der Waals surface area contributed by atoms with Gasteiger partial charge in [-0.25, -0.2) is 14.8 Å². The van der Waals surface area contributed by atoms with E-state index in [4.69, 9.17) is 8.94 Å². The quantitative estimate of drug-likeness (QED) is 0.638. The smallest absolute Gasteiger partial charge is 0.373 e. The summed E-state index contributed by atoms with van der Waals surface area (Å²) in [5.74, 6) is 2.02. The first-order valence-electron chi connectivity index (χ1n) is 7.73. The fraction of sp³-hybridized carbons (Fsp3) is 0.312. The van der Waals surface area contributed by atoms with Gasteiger partial charge in [-0.2, -0.15) is 4.98 Å². The molecule has 0 aliphatic carbocycles. The topological polar surface area (TPSA) is 107 Å². The van der Waals surface area contributed by atoms with Crippen molar-refractivity contribution in [1.29, 1.82) is 0 Å². The molecule has 3 aromatic heterocycles. The van der Waals surface area contributed by atoms with Crippen LogP contribution in [0.15, 0.2) is 39.5 Å². The van der Waals surface area contributed by atoms with Crippen LogP contribution in [0.4, 0.5) is 0 Å². The number of rotatable bonds is 5. The molecule has 4 rings (SSSR count). The third-order valence-corrected chi connectivity index (χ3v) is 3.94. The lowest BCUT2D eigenvalue weighted by Crippen LogP contribution is -2.44. The Bertz CT molecular complexity index is 870. The highest BCUT2D eigenvalue weighted by molar-refractivity contribution is 5.86. The lowest BCUT2D eigenvalue weighted by Gasteiger charge is -2.36. The summed E-state index contributed by atoms with van der Waals surface area (Å²) in [5, 5.41) is 3.93. The molecule has 4 heterocycles. The number of carbonyl (C=O) groups is 1. The predicted octanol–water partition coefficient (Wildman–Crippen LogP) is 1.51. The number of hydrogen-bond acceptors (Lipinski definition) is 9. The van der Waals surface area contributed by atoms with Crippen LogP contribution in [-0.4, -0.2) is 51.2 Å². The molecule has 1 fully saturated rings. The van der Waals surface area contributed by atoms with Gasteiger partial charge in [0.1, 0.15) is 5.76 Å². The number of aromatic nitrogens is 4. The Morgan fingerprint density at radius 2 is 2.08 bits per heavy atom. The van der Waals surface area contributed by atoms with Gasteiger partial charge in [0.25, 0.3) is 0 Å². The standard InChI is InChI=1S/C16H15N5O4/c1-23-16(22)12-4-3-11(24-12)9-21-7-10(8-21)15-19-14(20-25-15)13-17-5-2-6-18-13/h2-6,10H,7-9H2,1H3. The molecule has 0 saturated carbocycles. The molecule has 0 amide bonds. The van der Waals surface area contributed by atoms with Crippen molar-refractivity contribution >= 4 is 5.97 Å². The molecule has 128 valence electrons. The second-order valence-electron chi connectivity index (χ2n) is 5.68. The van der Waals surface area contributed by atoms with Crippen molar-refractivity contribution < 1.29 is 18.5 Å². The lowest BCUT2D eigenvalue weighted by atomic mass is 10.00. The molecule has 9 nitrogen and oxygen atoms in total. The molecule has 1 aliphatic heterocycles. The minimum Gasteiger partial charge on any atom is -0.463 e. The molecule has 0 bridgehead atoms. The first-order chi connectivity index (χ1) is 12.2. The van der Waals surface area contributed by atoms with Crippen LogP contribution < -0.4 is 0 Å². The van der Waals surface area contributed by atoms with Crippen LogP contribution in [0.1, 0.15) is 28.1 Å². The number of hydrogen-bond donors (Lipinski definition) is 0. The first-order valence-corrected chi connectivity index (χ1v) is 7.73. The van der Waals surface area contributed by atoms with Crippen LogP contribution in [-0.2, 0) is 11.3 Å². The lowest BCUT2D eigenvalue weighted by molar-refractivity contribution is 0.0556. The normalized spacial score (nSPS) is 15.1. The minimum atomic E-state index is -0.478. The molecule has 9 heteroatoms. The number of nitrogens with zero attached hydrogens (tertiary/aromatic N) is 5. The highest BCUT2D eigenvalue weighted by atomic mass is 16.5. The zero-order chi connectivity index (χ0) is 17.2. The van der Waals surface area contributed by atoms with Crippen molar-refractivity contribution in [2.75, 3.05) is 20.2 Å². The van der Waals surface area contributed by atoms with E-state index < -0.39 is 5.97 Å². The maximum Gasteiger partial charge on any atom is 0.373 e. The third kappa shape index (κ3) is 3.13. The summed E-state index contributed by atoms with van der Waals surface area (Å²) in [6.45, 7) is 2.15. The predicted molar refractivity (Wildman–Crippen MR) is 83.4 cm³/mol.